The highest BCUT2D eigenvalue weighted by Crippen LogP contribution is 2.25. The van der Waals surface area contributed by atoms with Gasteiger partial charge < -0.3 is 5.32 Å². The first-order chi connectivity index (χ1) is 13.2. The first kappa shape index (κ1) is 17.1. The van der Waals surface area contributed by atoms with Crippen molar-refractivity contribution in [2.45, 2.75) is 33.1 Å². The standard InChI is InChI=1S/C21H22N6/c1-4-15-8-5-6-10-17(15)23-19-12-18(14(2)3)24-21-25-20(26-27(19)21)16-9-7-11-22-13-16/h5-14,23H,4H2,1-3H3. The molecule has 0 unspecified atom stereocenters. The Balaban J connectivity index is 1.86. The predicted octanol–water partition coefficient (Wildman–Crippen LogP) is 4.62. The maximum atomic E-state index is 4.69. The zero-order chi connectivity index (χ0) is 18.8. The van der Waals surface area contributed by atoms with Crippen molar-refractivity contribution < 1.29 is 0 Å². The Morgan fingerprint density at radius 3 is 2.67 bits per heavy atom. The Labute approximate surface area is 158 Å². The molecular formula is C21H22N6. The molecule has 0 aliphatic rings. The topological polar surface area (TPSA) is 68.0 Å². The van der Waals surface area contributed by atoms with E-state index in [4.69, 9.17) is 4.98 Å². The molecule has 4 aromatic rings. The third-order valence-electron chi connectivity index (χ3n) is 4.50. The van der Waals surface area contributed by atoms with Crippen molar-refractivity contribution in [3.05, 3.63) is 66.1 Å². The minimum Gasteiger partial charge on any atom is -0.340 e. The fraction of sp³-hybridized carbons (Fsp3) is 0.238. The zero-order valence-electron chi connectivity index (χ0n) is 15.7. The Morgan fingerprint density at radius 1 is 1.07 bits per heavy atom. The zero-order valence-corrected chi connectivity index (χ0v) is 15.7. The summed E-state index contributed by atoms with van der Waals surface area (Å²) < 4.78 is 1.76. The van der Waals surface area contributed by atoms with Crippen LogP contribution in [0.3, 0.4) is 0 Å². The number of nitrogens with one attached hydrogen (secondary N) is 1. The maximum Gasteiger partial charge on any atom is 0.254 e. The number of aryl methyl sites for hydroxylation is 1. The molecule has 0 saturated carbocycles. The highest BCUT2D eigenvalue weighted by atomic mass is 15.4. The summed E-state index contributed by atoms with van der Waals surface area (Å²) in [5.41, 5.74) is 4.17. The molecular weight excluding hydrogens is 336 g/mol. The molecule has 0 radical (unpaired) electrons. The predicted molar refractivity (Wildman–Crippen MR) is 107 cm³/mol. The van der Waals surface area contributed by atoms with Crippen molar-refractivity contribution in [3.63, 3.8) is 0 Å². The SMILES string of the molecule is CCc1ccccc1Nc1cc(C(C)C)nc2nc(-c3cccnc3)nn12. The van der Waals surface area contributed by atoms with Gasteiger partial charge in [0.2, 0.25) is 0 Å². The number of hydrogen-bond acceptors (Lipinski definition) is 5. The fourth-order valence-electron chi connectivity index (χ4n) is 2.98. The Kier molecular flexibility index (Phi) is 4.54. The van der Waals surface area contributed by atoms with Gasteiger partial charge in [-0.15, -0.1) is 5.10 Å². The van der Waals surface area contributed by atoms with Gasteiger partial charge in [0.15, 0.2) is 5.82 Å². The molecule has 0 fully saturated rings. The van der Waals surface area contributed by atoms with E-state index in [2.05, 4.69) is 59.4 Å². The molecule has 0 amide bonds. The summed E-state index contributed by atoms with van der Waals surface area (Å²) in [4.78, 5) is 13.5. The van der Waals surface area contributed by atoms with Gasteiger partial charge in [-0.3, -0.25) is 4.98 Å². The van der Waals surface area contributed by atoms with Gasteiger partial charge in [0.05, 0.1) is 5.69 Å². The number of nitrogens with zero attached hydrogens (tertiary/aromatic N) is 5. The maximum absolute atomic E-state index is 4.69. The van der Waals surface area contributed by atoms with Gasteiger partial charge in [0, 0.05) is 29.7 Å². The van der Waals surface area contributed by atoms with Crippen molar-refractivity contribution in [1.82, 2.24) is 24.6 Å². The van der Waals surface area contributed by atoms with E-state index in [9.17, 15) is 0 Å². The van der Waals surface area contributed by atoms with E-state index < -0.39 is 0 Å². The lowest BCUT2D eigenvalue weighted by Gasteiger charge is -2.13. The molecule has 1 N–H and O–H groups in total. The second-order valence-corrected chi connectivity index (χ2v) is 6.75. The van der Waals surface area contributed by atoms with Crippen LogP contribution in [0.5, 0.6) is 0 Å². The smallest absolute Gasteiger partial charge is 0.254 e. The van der Waals surface area contributed by atoms with Crippen LogP contribution in [-0.2, 0) is 6.42 Å². The Morgan fingerprint density at radius 2 is 1.93 bits per heavy atom. The van der Waals surface area contributed by atoms with E-state index in [1.807, 2.05) is 24.3 Å². The fourth-order valence-corrected chi connectivity index (χ4v) is 2.98. The Hall–Kier alpha value is -3.28. The third kappa shape index (κ3) is 3.38. The average molecular weight is 358 g/mol. The average Bonchev–Trinajstić information content (AvgIpc) is 3.13. The van der Waals surface area contributed by atoms with Crippen molar-refractivity contribution in [2.24, 2.45) is 0 Å². The van der Waals surface area contributed by atoms with Gasteiger partial charge in [-0.25, -0.2) is 4.98 Å². The van der Waals surface area contributed by atoms with E-state index >= 15 is 0 Å². The van der Waals surface area contributed by atoms with Gasteiger partial charge >= 0.3 is 0 Å². The molecule has 27 heavy (non-hydrogen) atoms. The highest BCUT2D eigenvalue weighted by Gasteiger charge is 2.15. The first-order valence-electron chi connectivity index (χ1n) is 9.18. The van der Waals surface area contributed by atoms with Gasteiger partial charge in [-0.1, -0.05) is 39.0 Å². The highest BCUT2D eigenvalue weighted by molar-refractivity contribution is 5.64. The van der Waals surface area contributed by atoms with Crippen molar-refractivity contribution in [1.29, 1.82) is 0 Å². The number of benzene rings is 1. The normalized spacial score (nSPS) is 11.3. The van der Waals surface area contributed by atoms with Crippen molar-refractivity contribution in [2.75, 3.05) is 5.32 Å². The largest absolute Gasteiger partial charge is 0.340 e. The number of hydrogen-bond donors (Lipinski definition) is 1. The van der Waals surface area contributed by atoms with E-state index in [0.717, 1.165) is 29.2 Å². The molecule has 1 aromatic carbocycles. The van der Waals surface area contributed by atoms with Crippen LogP contribution in [0, 0.1) is 0 Å². The monoisotopic (exact) mass is 358 g/mol. The van der Waals surface area contributed by atoms with E-state index in [-0.39, 0.29) is 5.92 Å². The molecule has 3 heterocycles. The molecule has 6 heteroatoms. The van der Waals surface area contributed by atoms with Gasteiger partial charge in [0.25, 0.3) is 5.78 Å². The van der Waals surface area contributed by atoms with Gasteiger partial charge in [0.1, 0.15) is 5.82 Å². The number of aromatic nitrogens is 5. The second-order valence-electron chi connectivity index (χ2n) is 6.75. The summed E-state index contributed by atoms with van der Waals surface area (Å²) in [6.45, 7) is 6.40. The van der Waals surface area contributed by atoms with Crippen LogP contribution in [0.4, 0.5) is 11.5 Å². The number of anilines is 2. The summed E-state index contributed by atoms with van der Waals surface area (Å²) in [6.07, 6.45) is 4.45. The van der Waals surface area contributed by atoms with E-state index in [1.165, 1.54) is 5.56 Å². The molecule has 0 aliphatic heterocycles. The summed E-state index contributed by atoms with van der Waals surface area (Å²) in [5.74, 6) is 2.34. The molecule has 0 spiro atoms. The van der Waals surface area contributed by atoms with Gasteiger partial charge in [-0.2, -0.15) is 9.50 Å². The number of fused-ring (bicyclic) bond motifs is 1. The van der Waals surface area contributed by atoms with Crippen LogP contribution in [0.15, 0.2) is 54.9 Å². The molecule has 136 valence electrons. The van der Waals surface area contributed by atoms with Crippen LogP contribution < -0.4 is 5.32 Å². The number of rotatable bonds is 5. The molecule has 0 aliphatic carbocycles. The lowest BCUT2D eigenvalue weighted by Crippen LogP contribution is -2.06. The van der Waals surface area contributed by atoms with Crippen LogP contribution in [-0.4, -0.2) is 24.6 Å². The van der Waals surface area contributed by atoms with E-state index in [1.54, 1.807) is 16.9 Å². The lowest BCUT2D eigenvalue weighted by molar-refractivity contribution is 0.809. The number of pyridine rings is 1. The molecule has 0 atom stereocenters. The second kappa shape index (κ2) is 7.15. The molecule has 4 rings (SSSR count). The quantitative estimate of drug-likeness (QED) is 0.564. The summed E-state index contributed by atoms with van der Waals surface area (Å²) in [6, 6.07) is 14.2. The third-order valence-corrected chi connectivity index (χ3v) is 4.50. The van der Waals surface area contributed by atoms with Gasteiger partial charge in [-0.05, 0) is 36.1 Å². The minimum atomic E-state index is 0.288. The summed E-state index contributed by atoms with van der Waals surface area (Å²) in [5, 5.41) is 8.21. The molecule has 0 saturated heterocycles. The molecule has 6 nitrogen and oxygen atoms in total. The van der Waals surface area contributed by atoms with Crippen LogP contribution in [0.1, 0.15) is 37.9 Å². The number of para-hydroxylation sites is 1. The summed E-state index contributed by atoms with van der Waals surface area (Å²) >= 11 is 0. The minimum absolute atomic E-state index is 0.288. The van der Waals surface area contributed by atoms with Crippen LogP contribution in [0.2, 0.25) is 0 Å². The van der Waals surface area contributed by atoms with Crippen molar-refractivity contribution >= 4 is 17.3 Å². The molecule has 0 bridgehead atoms. The van der Waals surface area contributed by atoms with Crippen LogP contribution >= 0.6 is 0 Å². The first-order valence-corrected chi connectivity index (χ1v) is 9.18. The lowest BCUT2D eigenvalue weighted by atomic mass is 10.1. The Bertz CT molecular complexity index is 1070. The molecule has 3 aromatic heterocycles. The van der Waals surface area contributed by atoms with Crippen LogP contribution in [0.25, 0.3) is 17.2 Å². The van der Waals surface area contributed by atoms with E-state index in [0.29, 0.717) is 11.6 Å². The van der Waals surface area contributed by atoms with Crippen molar-refractivity contribution in [3.8, 4) is 11.4 Å². The summed E-state index contributed by atoms with van der Waals surface area (Å²) in [7, 11) is 0.